The number of benzene rings is 1. The van der Waals surface area contributed by atoms with Gasteiger partial charge in [0.05, 0.1) is 0 Å². The number of rotatable bonds is 3. The van der Waals surface area contributed by atoms with Crippen LogP contribution in [0, 0.1) is 13.8 Å². The van der Waals surface area contributed by atoms with Crippen LogP contribution in [-0.2, 0) is 4.79 Å². The molecule has 0 aliphatic rings. The molecule has 0 bridgehead atoms. The van der Waals surface area contributed by atoms with Crippen LogP contribution in [0.4, 0.5) is 0 Å². The number of carbonyl (C=O) groups is 1. The molecule has 104 valence electrons. The van der Waals surface area contributed by atoms with Crippen LogP contribution in [0.15, 0.2) is 42.5 Å². The molecule has 1 aromatic carbocycles. The van der Waals surface area contributed by atoms with E-state index in [0.717, 1.165) is 11.3 Å². The highest BCUT2D eigenvalue weighted by molar-refractivity contribution is 5.90. The van der Waals surface area contributed by atoms with Gasteiger partial charge in [0.2, 0.25) is 0 Å². The first-order valence-corrected chi connectivity index (χ1v) is 6.39. The van der Waals surface area contributed by atoms with Gasteiger partial charge in [-0.1, -0.05) is 12.1 Å². The Morgan fingerprint density at radius 2 is 1.65 bits per heavy atom. The van der Waals surface area contributed by atoms with E-state index >= 15 is 0 Å². The van der Waals surface area contributed by atoms with E-state index in [-0.39, 0.29) is 0 Å². The van der Waals surface area contributed by atoms with Crippen LogP contribution in [0.2, 0.25) is 0 Å². The highest BCUT2D eigenvalue weighted by Crippen LogP contribution is 2.17. The summed E-state index contributed by atoms with van der Waals surface area (Å²) < 4.78 is 2.17. The zero-order valence-electron chi connectivity index (χ0n) is 11.9. The van der Waals surface area contributed by atoms with Gasteiger partial charge in [-0.3, -0.25) is 10.0 Å². The maximum atomic E-state index is 11.2. The van der Waals surface area contributed by atoms with Crippen LogP contribution in [-0.4, -0.2) is 27.8 Å². The number of aromatic nitrogens is 1. The van der Waals surface area contributed by atoms with Crippen molar-refractivity contribution in [2.45, 2.75) is 13.8 Å². The second-order valence-corrected chi connectivity index (χ2v) is 4.74. The molecule has 2 aromatic rings. The Hall–Kier alpha value is -2.33. The lowest BCUT2D eigenvalue weighted by Crippen LogP contribution is -2.19. The summed E-state index contributed by atoms with van der Waals surface area (Å²) in [7, 11) is 1.30. The minimum Gasteiger partial charge on any atom is -0.319 e. The fourth-order valence-corrected chi connectivity index (χ4v) is 2.09. The summed E-state index contributed by atoms with van der Waals surface area (Å²) in [6, 6.07) is 12.1. The van der Waals surface area contributed by atoms with Gasteiger partial charge in [-0.05, 0) is 49.8 Å². The van der Waals surface area contributed by atoms with E-state index in [1.807, 2.05) is 24.3 Å². The molecule has 2 rings (SSSR count). The summed E-state index contributed by atoms with van der Waals surface area (Å²) in [6.45, 7) is 4.13. The predicted octanol–water partition coefficient (Wildman–Crippen LogP) is 2.95. The van der Waals surface area contributed by atoms with E-state index in [4.69, 9.17) is 5.21 Å². The van der Waals surface area contributed by atoms with Gasteiger partial charge in [-0.25, -0.2) is 5.06 Å². The molecule has 0 spiro atoms. The number of hydrogen-bond donors (Lipinski definition) is 1. The Kier molecular flexibility index (Phi) is 4.05. The number of likely N-dealkylation sites (N-methyl/N-ethyl adjacent to an activating group) is 1. The molecule has 4 heteroatoms. The van der Waals surface area contributed by atoms with Gasteiger partial charge in [0.1, 0.15) is 0 Å². The summed E-state index contributed by atoms with van der Waals surface area (Å²) in [4.78, 5) is 11.2. The van der Waals surface area contributed by atoms with Crippen LogP contribution in [0.1, 0.15) is 17.0 Å². The summed E-state index contributed by atoms with van der Waals surface area (Å²) in [5.74, 6) is -0.453. The van der Waals surface area contributed by atoms with Crippen LogP contribution < -0.4 is 0 Å². The number of carbonyl (C=O) groups excluding carboxylic acids is 1. The van der Waals surface area contributed by atoms with Gasteiger partial charge in [-0.2, -0.15) is 0 Å². The van der Waals surface area contributed by atoms with E-state index < -0.39 is 5.91 Å². The first kappa shape index (κ1) is 14.1. The van der Waals surface area contributed by atoms with Crippen LogP contribution in [0.3, 0.4) is 0 Å². The van der Waals surface area contributed by atoms with E-state index in [1.54, 1.807) is 6.08 Å². The van der Waals surface area contributed by atoms with E-state index in [2.05, 4.69) is 30.5 Å². The monoisotopic (exact) mass is 270 g/mol. The van der Waals surface area contributed by atoms with E-state index in [0.29, 0.717) is 5.06 Å². The maximum absolute atomic E-state index is 11.2. The first-order chi connectivity index (χ1) is 9.49. The number of amides is 1. The molecule has 1 heterocycles. The molecule has 1 amide bonds. The summed E-state index contributed by atoms with van der Waals surface area (Å²) in [6.07, 6.45) is 3.01. The van der Waals surface area contributed by atoms with Gasteiger partial charge < -0.3 is 4.57 Å². The quantitative estimate of drug-likeness (QED) is 0.529. The van der Waals surface area contributed by atoms with Crippen molar-refractivity contribution in [2.24, 2.45) is 0 Å². The first-order valence-electron chi connectivity index (χ1n) is 6.39. The van der Waals surface area contributed by atoms with Crippen molar-refractivity contribution in [2.75, 3.05) is 7.05 Å². The second-order valence-electron chi connectivity index (χ2n) is 4.74. The SMILES string of the molecule is Cc1ccc(C)n1-c1ccc(/C=C\C(=O)N(C)O)cc1. The number of aryl methyl sites for hydroxylation is 2. The fraction of sp³-hybridized carbons (Fsp3) is 0.188. The summed E-state index contributed by atoms with van der Waals surface area (Å²) >= 11 is 0. The Labute approximate surface area is 118 Å². The third-order valence-electron chi connectivity index (χ3n) is 3.16. The zero-order valence-corrected chi connectivity index (χ0v) is 11.9. The zero-order chi connectivity index (χ0) is 14.7. The number of hydroxylamine groups is 2. The van der Waals surface area contributed by atoms with E-state index in [1.165, 1.54) is 24.5 Å². The molecular formula is C16H18N2O2. The molecule has 0 atom stereocenters. The standard InChI is InChI=1S/C16H18N2O2/c1-12-4-5-13(2)18(12)15-9-6-14(7-10-15)8-11-16(19)17(3)20/h4-11,20H,1-3H3/b11-8-. The molecule has 0 saturated carbocycles. The highest BCUT2D eigenvalue weighted by atomic mass is 16.5. The molecular weight excluding hydrogens is 252 g/mol. The molecule has 0 aliphatic carbocycles. The van der Waals surface area contributed by atoms with Gasteiger partial charge in [0, 0.05) is 30.2 Å². The molecule has 0 aliphatic heterocycles. The smallest absolute Gasteiger partial charge is 0.269 e. The summed E-state index contributed by atoms with van der Waals surface area (Å²) in [5.41, 5.74) is 4.37. The minimum atomic E-state index is -0.453. The molecule has 1 aromatic heterocycles. The molecule has 4 nitrogen and oxygen atoms in total. The predicted molar refractivity (Wildman–Crippen MR) is 78.8 cm³/mol. The van der Waals surface area contributed by atoms with Crippen molar-refractivity contribution < 1.29 is 10.0 Å². The van der Waals surface area contributed by atoms with Crippen LogP contribution in [0.25, 0.3) is 11.8 Å². The van der Waals surface area contributed by atoms with Gasteiger partial charge in [0.25, 0.3) is 5.91 Å². The van der Waals surface area contributed by atoms with Crippen LogP contribution >= 0.6 is 0 Å². The van der Waals surface area contributed by atoms with Gasteiger partial charge in [0.15, 0.2) is 0 Å². The minimum absolute atomic E-state index is 0.453. The van der Waals surface area contributed by atoms with Gasteiger partial charge >= 0.3 is 0 Å². The average Bonchev–Trinajstić information content (AvgIpc) is 2.76. The van der Waals surface area contributed by atoms with Crippen molar-refractivity contribution in [3.63, 3.8) is 0 Å². The maximum Gasteiger partial charge on any atom is 0.269 e. The van der Waals surface area contributed by atoms with Crippen LogP contribution in [0.5, 0.6) is 0 Å². The average molecular weight is 270 g/mol. The second kappa shape index (κ2) is 5.75. The number of hydrogen-bond acceptors (Lipinski definition) is 2. The Balaban J connectivity index is 2.21. The number of nitrogens with zero attached hydrogens (tertiary/aromatic N) is 2. The molecule has 0 radical (unpaired) electrons. The molecule has 0 saturated heterocycles. The fourth-order valence-electron chi connectivity index (χ4n) is 2.09. The Bertz CT molecular complexity index is 617. The Morgan fingerprint density at radius 3 is 2.15 bits per heavy atom. The lowest BCUT2D eigenvalue weighted by molar-refractivity contribution is -0.153. The lowest BCUT2D eigenvalue weighted by atomic mass is 10.2. The summed E-state index contributed by atoms with van der Waals surface area (Å²) in [5, 5.41) is 9.51. The van der Waals surface area contributed by atoms with Crippen molar-refractivity contribution >= 4 is 12.0 Å². The third kappa shape index (κ3) is 2.97. The van der Waals surface area contributed by atoms with Crippen molar-refractivity contribution in [1.29, 1.82) is 0 Å². The topological polar surface area (TPSA) is 45.5 Å². The molecule has 0 fully saturated rings. The molecule has 1 N–H and O–H groups in total. The van der Waals surface area contributed by atoms with Crippen molar-refractivity contribution in [3.05, 3.63) is 59.4 Å². The molecule has 0 unspecified atom stereocenters. The lowest BCUT2D eigenvalue weighted by Gasteiger charge is -2.09. The normalized spacial score (nSPS) is 11.0. The van der Waals surface area contributed by atoms with Crippen molar-refractivity contribution in [3.8, 4) is 5.69 Å². The Morgan fingerprint density at radius 1 is 1.10 bits per heavy atom. The third-order valence-corrected chi connectivity index (χ3v) is 3.16. The highest BCUT2D eigenvalue weighted by Gasteiger charge is 2.03. The molecule has 20 heavy (non-hydrogen) atoms. The van der Waals surface area contributed by atoms with Gasteiger partial charge in [-0.15, -0.1) is 0 Å². The van der Waals surface area contributed by atoms with Crippen molar-refractivity contribution in [1.82, 2.24) is 9.63 Å². The largest absolute Gasteiger partial charge is 0.319 e. The van der Waals surface area contributed by atoms with E-state index in [9.17, 15) is 4.79 Å².